The van der Waals surface area contributed by atoms with Gasteiger partial charge in [0.2, 0.25) is 0 Å². The maximum Gasteiger partial charge on any atom is 0.191 e. The number of rotatable bonds is 7. The van der Waals surface area contributed by atoms with Gasteiger partial charge in [-0.3, -0.25) is 9.67 Å². The molecule has 6 nitrogen and oxygen atoms in total. The lowest BCUT2D eigenvalue weighted by molar-refractivity contribution is 0.409. The SMILES string of the molecule is CN=C(NCCCn1cccn1)NCc1ccc(Cl)cc1OC. The van der Waals surface area contributed by atoms with E-state index in [0.29, 0.717) is 11.6 Å². The minimum absolute atomic E-state index is 0.610. The van der Waals surface area contributed by atoms with Gasteiger partial charge in [-0.05, 0) is 24.6 Å². The zero-order valence-corrected chi connectivity index (χ0v) is 14.2. The maximum atomic E-state index is 5.97. The first-order chi connectivity index (χ1) is 11.2. The summed E-state index contributed by atoms with van der Waals surface area (Å²) in [6, 6.07) is 7.52. The third-order valence-electron chi connectivity index (χ3n) is 3.33. The van der Waals surface area contributed by atoms with Gasteiger partial charge < -0.3 is 15.4 Å². The Morgan fingerprint density at radius 3 is 2.96 bits per heavy atom. The molecule has 0 unspecified atom stereocenters. The first kappa shape index (κ1) is 17.1. The highest BCUT2D eigenvalue weighted by molar-refractivity contribution is 6.30. The predicted octanol–water partition coefficient (Wildman–Crippen LogP) is 2.30. The molecule has 2 rings (SSSR count). The van der Waals surface area contributed by atoms with Crippen LogP contribution in [0.5, 0.6) is 5.75 Å². The summed E-state index contributed by atoms with van der Waals surface area (Å²) in [6.45, 7) is 2.30. The number of methoxy groups -OCH3 is 1. The molecular formula is C16H22ClN5O. The number of aryl methyl sites for hydroxylation is 1. The molecule has 0 saturated carbocycles. The summed E-state index contributed by atoms with van der Waals surface area (Å²) in [7, 11) is 3.39. The van der Waals surface area contributed by atoms with Crippen LogP contribution < -0.4 is 15.4 Å². The van der Waals surface area contributed by atoms with Gasteiger partial charge in [-0.1, -0.05) is 17.7 Å². The number of aromatic nitrogens is 2. The Morgan fingerprint density at radius 2 is 2.26 bits per heavy atom. The molecule has 0 aliphatic carbocycles. The number of aliphatic imine (C=N–C) groups is 1. The number of nitrogens with one attached hydrogen (secondary N) is 2. The Bertz CT molecular complexity index is 627. The van der Waals surface area contributed by atoms with Crippen molar-refractivity contribution in [3.8, 4) is 5.75 Å². The van der Waals surface area contributed by atoms with Gasteiger partial charge in [-0.25, -0.2) is 0 Å². The normalized spacial score (nSPS) is 11.3. The topological polar surface area (TPSA) is 63.5 Å². The van der Waals surface area contributed by atoms with E-state index in [1.54, 1.807) is 26.4 Å². The van der Waals surface area contributed by atoms with E-state index < -0.39 is 0 Å². The molecular weight excluding hydrogens is 314 g/mol. The summed E-state index contributed by atoms with van der Waals surface area (Å²) >= 11 is 5.97. The van der Waals surface area contributed by atoms with E-state index in [2.05, 4.69) is 20.7 Å². The lowest BCUT2D eigenvalue weighted by Gasteiger charge is -2.14. The number of nitrogens with zero attached hydrogens (tertiary/aromatic N) is 3. The third-order valence-corrected chi connectivity index (χ3v) is 3.57. The van der Waals surface area contributed by atoms with Crippen molar-refractivity contribution in [1.82, 2.24) is 20.4 Å². The third kappa shape index (κ3) is 5.49. The molecule has 0 spiro atoms. The molecule has 0 radical (unpaired) electrons. The molecule has 0 amide bonds. The fraction of sp³-hybridized carbons (Fsp3) is 0.375. The lowest BCUT2D eigenvalue weighted by Crippen LogP contribution is -2.37. The Kier molecular flexibility index (Phi) is 6.75. The molecule has 1 aromatic heterocycles. The van der Waals surface area contributed by atoms with Crippen LogP contribution in [0.3, 0.4) is 0 Å². The predicted molar refractivity (Wildman–Crippen MR) is 93.0 cm³/mol. The van der Waals surface area contributed by atoms with Crippen molar-refractivity contribution in [3.63, 3.8) is 0 Å². The van der Waals surface area contributed by atoms with E-state index in [0.717, 1.165) is 36.8 Å². The first-order valence-corrected chi connectivity index (χ1v) is 7.85. The van der Waals surface area contributed by atoms with Crippen molar-refractivity contribution in [3.05, 3.63) is 47.2 Å². The summed E-state index contributed by atoms with van der Waals surface area (Å²) in [5.41, 5.74) is 1.02. The highest BCUT2D eigenvalue weighted by Crippen LogP contribution is 2.22. The molecule has 1 heterocycles. The molecule has 0 fully saturated rings. The highest BCUT2D eigenvalue weighted by Gasteiger charge is 2.05. The minimum Gasteiger partial charge on any atom is -0.496 e. The van der Waals surface area contributed by atoms with Gasteiger partial charge in [0.1, 0.15) is 5.75 Å². The summed E-state index contributed by atoms with van der Waals surface area (Å²) in [5.74, 6) is 1.52. The Balaban J connectivity index is 1.76. The molecule has 0 aliphatic heterocycles. The van der Waals surface area contributed by atoms with Crippen LogP contribution in [0, 0.1) is 0 Å². The van der Waals surface area contributed by atoms with Crippen LogP contribution in [0.2, 0.25) is 5.02 Å². The maximum absolute atomic E-state index is 5.97. The Morgan fingerprint density at radius 1 is 1.39 bits per heavy atom. The average molecular weight is 336 g/mol. The van der Waals surface area contributed by atoms with Gasteiger partial charge in [0.15, 0.2) is 5.96 Å². The smallest absolute Gasteiger partial charge is 0.191 e. The molecule has 23 heavy (non-hydrogen) atoms. The van der Waals surface area contributed by atoms with Crippen molar-refractivity contribution < 1.29 is 4.74 Å². The number of guanidine groups is 1. The Hall–Kier alpha value is -2.21. The zero-order valence-electron chi connectivity index (χ0n) is 13.4. The number of halogens is 1. The van der Waals surface area contributed by atoms with Gasteiger partial charge in [0, 0.05) is 49.7 Å². The van der Waals surface area contributed by atoms with Crippen LogP contribution in [0.15, 0.2) is 41.7 Å². The Labute approximate surface area is 141 Å². The van der Waals surface area contributed by atoms with Crippen LogP contribution in [0.1, 0.15) is 12.0 Å². The van der Waals surface area contributed by atoms with E-state index in [9.17, 15) is 0 Å². The average Bonchev–Trinajstić information content (AvgIpc) is 3.08. The second-order valence-electron chi connectivity index (χ2n) is 4.93. The number of hydrogen-bond donors (Lipinski definition) is 2. The molecule has 2 aromatic rings. The van der Waals surface area contributed by atoms with E-state index in [1.807, 2.05) is 29.1 Å². The van der Waals surface area contributed by atoms with Crippen molar-refractivity contribution in [1.29, 1.82) is 0 Å². The molecule has 2 N–H and O–H groups in total. The lowest BCUT2D eigenvalue weighted by atomic mass is 10.2. The molecule has 0 aliphatic rings. The second kappa shape index (κ2) is 9.05. The summed E-state index contributed by atoms with van der Waals surface area (Å²) < 4.78 is 7.25. The summed E-state index contributed by atoms with van der Waals surface area (Å²) in [4.78, 5) is 4.22. The van der Waals surface area contributed by atoms with E-state index in [1.165, 1.54) is 0 Å². The van der Waals surface area contributed by atoms with Crippen LogP contribution >= 0.6 is 11.6 Å². The van der Waals surface area contributed by atoms with Gasteiger partial charge in [0.05, 0.1) is 7.11 Å². The molecule has 124 valence electrons. The van der Waals surface area contributed by atoms with Crippen molar-refractivity contribution >= 4 is 17.6 Å². The number of benzene rings is 1. The summed E-state index contributed by atoms with van der Waals surface area (Å²) in [6.07, 6.45) is 4.71. The molecule has 0 saturated heterocycles. The summed E-state index contributed by atoms with van der Waals surface area (Å²) in [5, 5.41) is 11.4. The second-order valence-corrected chi connectivity index (χ2v) is 5.37. The van der Waals surface area contributed by atoms with Crippen LogP contribution in [0.4, 0.5) is 0 Å². The van der Waals surface area contributed by atoms with Crippen molar-refractivity contribution in [2.24, 2.45) is 4.99 Å². The van der Waals surface area contributed by atoms with E-state index in [4.69, 9.17) is 16.3 Å². The van der Waals surface area contributed by atoms with Crippen molar-refractivity contribution in [2.75, 3.05) is 20.7 Å². The minimum atomic E-state index is 0.610. The van der Waals surface area contributed by atoms with Gasteiger partial charge in [0.25, 0.3) is 0 Å². The molecule has 0 atom stereocenters. The molecule has 7 heteroatoms. The van der Waals surface area contributed by atoms with Crippen LogP contribution in [-0.2, 0) is 13.1 Å². The first-order valence-electron chi connectivity index (χ1n) is 7.47. The standard InChI is InChI=1S/C16H22ClN5O/c1-18-16(19-7-3-9-22-10-4-8-21-22)20-12-13-5-6-14(17)11-15(13)23-2/h4-6,8,10-11H,3,7,9,12H2,1-2H3,(H2,18,19,20). The number of hydrogen-bond acceptors (Lipinski definition) is 3. The monoisotopic (exact) mass is 335 g/mol. The quantitative estimate of drug-likeness (QED) is 0.463. The fourth-order valence-corrected chi connectivity index (χ4v) is 2.31. The fourth-order valence-electron chi connectivity index (χ4n) is 2.14. The van der Waals surface area contributed by atoms with E-state index >= 15 is 0 Å². The number of ether oxygens (including phenoxy) is 1. The highest BCUT2D eigenvalue weighted by atomic mass is 35.5. The van der Waals surface area contributed by atoms with Gasteiger partial charge in [-0.2, -0.15) is 5.10 Å². The van der Waals surface area contributed by atoms with Crippen LogP contribution in [0.25, 0.3) is 0 Å². The largest absolute Gasteiger partial charge is 0.496 e. The van der Waals surface area contributed by atoms with E-state index in [-0.39, 0.29) is 0 Å². The molecule has 0 bridgehead atoms. The van der Waals surface area contributed by atoms with Gasteiger partial charge >= 0.3 is 0 Å². The zero-order chi connectivity index (χ0) is 16.5. The van der Waals surface area contributed by atoms with Gasteiger partial charge in [-0.15, -0.1) is 0 Å². The molecule has 1 aromatic carbocycles. The van der Waals surface area contributed by atoms with Crippen LogP contribution in [-0.4, -0.2) is 36.4 Å². The van der Waals surface area contributed by atoms with Crippen molar-refractivity contribution in [2.45, 2.75) is 19.5 Å².